The maximum Gasteiger partial charge on any atom is 0.226 e. The summed E-state index contributed by atoms with van der Waals surface area (Å²) in [5.41, 5.74) is 0. The minimum Gasteiger partial charge on any atom is -0.396 e. The highest BCUT2D eigenvalue weighted by Gasteiger charge is 2.27. The van der Waals surface area contributed by atoms with E-state index >= 15 is 0 Å². The van der Waals surface area contributed by atoms with Gasteiger partial charge in [0.05, 0.1) is 37.6 Å². The van der Waals surface area contributed by atoms with E-state index in [9.17, 15) is 34.2 Å². The van der Waals surface area contributed by atoms with Gasteiger partial charge in [-0.05, 0) is 13.3 Å². The number of carbonyl (C=O) groups excluding carboxylic acids is 5. The van der Waals surface area contributed by atoms with Crippen molar-refractivity contribution in [1.29, 1.82) is 0 Å². The van der Waals surface area contributed by atoms with Crippen molar-refractivity contribution in [2.24, 2.45) is 11.8 Å². The predicted octanol–water partition coefficient (Wildman–Crippen LogP) is 2.97. The molecule has 0 saturated heterocycles. The average molecular weight is 570 g/mol. The molecule has 0 aliphatic heterocycles. The van der Waals surface area contributed by atoms with Crippen LogP contribution in [0.5, 0.6) is 0 Å². The third kappa shape index (κ3) is 19.7. The van der Waals surface area contributed by atoms with E-state index < -0.39 is 47.9 Å². The number of hydrogen-bond acceptors (Lipinski definition) is 7. The Labute approximate surface area is 240 Å². The van der Waals surface area contributed by atoms with Gasteiger partial charge in [0.2, 0.25) is 17.7 Å². The Morgan fingerprint density at radius 3 is 1.62 bits per heavy atom. The van der Waals surface area contributed by atoms with Gasteiger partial charge >= 0.3 is 0 Å². The van der Waals surface area contributed by atoms with Gasteiger partial charge in [0, 0.05) is 26.3 Å². The number of aliphatic hydroxyl groups is 2. The van der Waals surface area contributed by atoms with Crippen LogP contribution in [0.1, 0.15) is 117 Å². The minimum absolute atomic E-state index is 0.212. The molecule has 0 fully saturated rings. The quantitative estimate of drug-likeness (QED) is 0.100. The molecule has 0 aromatic carbocycles. The van der Waals surface area contributed by atoms with Crippen LogP contribution >= 0.6 is 0 Å². The van der Waals surface area contributed by atoms with Crippen molar-refractivity contribution in [2.45, 2.75) is 123 Å². The van der Waals surface area contributed by atoms with Crippen LogP contribution in [-0.4, -0.2) is 72.3 Å². The van der Waals surface area contributed by atoms with Gasteiger partial charge in [-0.25, -0.2) is 0 Å². The topological polar surface area (TPSA) is 162 Å². The Morgan fingerprint density at radius 2 is 1.15 bits per heavy atom. The third-order valence-electron chi connectivity index (χ3n) is 7.13. The zero-order valence-corrected chi connectivity index (χ0v) is 25.1. The number of rotatable bonds is 26. The zero-order valence-electron chi connectivity index (χ0n) is 25.1. The molecule has 3 amide bonds. The lowest BCUT2D eigenvalue weighted by molar-refractivity contribution is -0.134. The molecule has 5 N–H and O–H groups in total. The minimum atomic E-state index is -1.05. The number of amides is 3. The first kappa shape index (κ1) is 37.7. The third-order valence-corrected chi connectivity index (χ3v) is 7.13. The van der Waals surface area contributed by atoms with E-state index in [-0.39, 0.29) is 31.8 Å². The Kier molecular flexibility index (Phi) is 23.0. The van der Waals surface area contributed by atoms with Crippen molar-refractivity contribution in [3.8, 4) is 0 Å². The Morgan fingerprint density at radius 1 is 0.675 bits per heavy atom. The van der Waals surface area contributed by atoms with Crippen molar-refractivity contribution in [3.05, 3.63) is 0 Å². The first-order chi connectivity index (χ1) is 19.2. The second-order valence-electron chi connectivity index (χ2n) is 10.8. The van der Waals surface area contributed by atoms with Crippen LogP contribution in [-0.2, 0) is 24.0 Å². The number of ketones is 2. The van der Waals surface area contributed by atoms with E-state index in [1.165, 1.54) is 78.2 Å². The van der Waals surface area contributed by atoms with E-state index in [1.54, 1.807) is 0 Å². The molecule has 0 aliphatic rings. The summed E-state index contributed by atoms with van der Waals surface area (Å²) in [6, 6.07) is 0. The van der Waals surface area contributed by atoms with Crippen LogP contribution in [0.15, 0.2) is 0 Å². The summed E-state index contributed by atoms with van der Waals surface area (Å²) in [6.45, 7) is 2.44. The number of nitrogens with one attached hydrogen (secondary N) is 3. The highest BCUT2D eigenvalue weighted by atomic mass is 16.3. The summed E-state index contributed by atoms with van der Waals surface area (Å²) in [5, 5.41) is 26.5. The molecule has 40 heavy (non-hydrogen) atoms. The number of unbranched alkanes of at least 4 members (excludes halogenated alkanes) is 12. The van der Waals surface area contributed by atoms with E-state index in [1.807, 2.05) is 0 Å². The lowest BCUT2D eigenvalue weighted by Crippen LogP contribution is -2.41. The molecule has 0 aromatic rings. The van der Waals surface area contributed by atoms with Crippen molar-refractivity contribution >= 4 is 29.3 Å². The SMILES string of the molecule is CCCCCCCCCCCCCCCC(=O)NCC(=O)C[C@@H](CO)C(=O)NCC(=O)C[C@H](C(=O)NC)[C@H](C)O. The van der Waals surface area contributed by atoms with Crippen LogP contribution in [0.25, 0.3) is 0 Å². The van der Waals surface area contributed by atoms with Crippen molar-refractivity contribution in [3.63, 3.8) is 0 Å². The summed E-state index contributed by atoms with van der Waals surface area (Å²) < 4.78 is 0. The molecule has 0 aromatic heterocycles. The van der Waals surface area contributed by atoms with Gasteiger partial charge in [-0.1, -0.05) is 84.0 Å². The summed E-state index contributed by atoms with van der Waals surface area (Å²) >= 11 is 0. The van der Waals surface area contributed by atoms with Crippen molar-refractivity contribution < 1.29 is 34.2 Å². The first-order valence-electron chi connectivity index (χ1n) is 15.2. The zero-order chi connectivity index (χ0) is 30.2. The van der Waals surface area contributed by atoms with E-state index in [0.29, 0.717) is 6.42 Å². The average Bonchev–Trinajstić information content (AvgIpc) is 2.93. The van der Waals surface area contributed by atoms with Gasteiger partial charge in [-0.15, -0.1) is 0 Å². The number of aliphatic hydroxyl groups excluding tert-OH is 2. The van der Waals surface area contributed by atoms with Crippen LogP contribution in [0, 0.1) is 11.8 Å². The van der Waals surface area contributed by atoms with Gasteiger partial charge < -0.3 is 26.2 Å². The molecule has 0 heterocycles. The molecule has 0 saturated carbocycles. The van der Waals surface area contributed by atoms with E-state index in [4.69, 9.17) is 0 Å². The predicted molar refractivity (Wildman–Crippen MR) is 155 cm³/mol. The monoisotopic (exact) mass is 569 g/mol. The molecular formula is C30H55N3O7. The molecular weight excluding hydrogens is 514 g/mol. The van der Waals surface area contributed by atoms with Crippen LogP contribution < -0.4 is 16.0 Å². The largest absolute Gasteiger partial charge is 0.396 e. The lowest BCUT2D eigenvalue weighted by Gasteiger charge is -2.18. The van der Waals surface area contributed by atoms with Gasteiger partial charge in [-0.2, -0.15) is 0 Å². The second kappa shape index (κ2) is 24.5. The van der Waals surface area contributed by atoms with Crippen molar-refractivity contribution in [1.82, 2.24) is 16.0 Å². The Hall–Kier alpha value is -2.33. The smallest absolute Gasteiger partial charge is 0.226 e. The number of carbonyl (C=O) groups is 5. The summed E-state index contributed by atoms with van der Waals surface area (Å²) in [6.07, 6.45) is 14.7. The molecule has 3 atom stereocenters. The fraction of sp³-hybridized carbons (Fsp3) is 0.833. The molecule has 0 unspecified atom stereocenters. The molecule has 0 bridgehead atoms. The highest BCUT2D eigenvalue weighted by molar-refractivity contribution is 5.93. The number of hydrogen-bond donors (Lipinski definition) is 5. The second-order valence-corrected chi connectivity index (χ2v) is 10.8. The van der Waals surface area contributed by atoms with Crippen LogP contribution in [0.3, 0.4) is 0 Å². The Bertz CT molecular complexity index is 743. The maximum absolute atomic E-state index is 12.3. The van der Waals surface area contributed by atoms with E-state index in [0.717, 1.165) is 19.3 Å². The summed E-state index contributed by atoms with van der Waals surface area (Å²) in [7, 11) is 1.40. The molecule has 0 aliphatic carbocycles. The molecule has 0 spiro atoms. The molecule has 10 heteroatoms. The standard InChI is InChI=1S/C30H55N3O7/c1-4-5-6-7-8-9-10-11-12-13-14-15-16-17-28(38)32-20-25(36)18-24(22-34)29(39)33-21-26(37)19-27(23(2)35)30(40)31-3/h23-24,27,34-35H,4-22H2,1-3H3,(H,31,40)(H,32,38)(H,33,39)/t23-,24-,27-/m0/s1. The van der Waals surface area contributed by atoms with Gasteiger partial charge in [-0.3, -0.25) is 24.0 Å². The van der Waals surface area contributed by atoms with Gasteiger partial charge in [0.15, 0.2) is 11.6 Å². The van der Waals surface area contributed by atoms with E-state index in [2.05, 4.69) is 22.9 Å². The van der Waals surface area contributed by atoms with Gasteiger partial charge in [0.1, 0.15) is 0 Å². The number of Topliss-reactive ketones (excluding diaryl/α,β-unsaturated/α-hetero) is 2. The fourth-order valence-corrected chi connectivity index (χ4v) is 4.49. The summed E-state index contributed by atoms with van der Waals surface area (Å²) in [5.74, 6) is -4.21. The first-order valence-corrected chi connectivity index (χ1v) is 15.2. The highest BCUT2D eigenvalue weighted by Crippen LogP contribution is 2.13. The molecule has 0 radical (unpaired) electrons. The van der Waals surface area contributed by atoms with Crippen LogP contribution in [0.4, 0.5) is 0 Å². The van der Waals surface area contributed by atoms with Crippen LogP contribution in [0.2, 0.25) is 0 Å². The molecule has 232 valence electrons. The molecule has 10 nitrogen and oxygen atoms in total. The van der Waals surface area contributed by atoms with Crippen molar-refractivity contribution in [2.75, 3.05) is 26.7 Å². The van der Waals surface area contributed by atoms with Gasteiger partial charge in [0.25, 0.3) is 0 Å². The summed E-state index contributed by atoms with van der Waals surface area (Å²) in [4.78, 5) is 60.5. The Balaban J connectivity index is 4.01. The molecule has 0 rings (SSSR count). The lowest BCUT2D eigenvalue weighted by atomic mass is 9.96. The maximum atomic E-state index is 12.3. The normalized spacial score (nSPS) is 13.2. The fourth-order valence-electron chi connectivity index (χ4n) is 4.49.